The summed E-state index contributed by atoms with van der Waals surface area (Å²) in [5.41, 5.74) is 1.78. The molecule has 190 valence electrons. The summed E-state index contributed by atoms with van der Waals surface area (Å²) >= 11 is 6.23. The Morgan fingerprint density at radius 2 is 1.62 bits per heavy atom. The molecule has 0 fully saturated rings. The molecule has 0 spiro atoms. The lowest BCUT2D eigenvalue weighted by Gasteiger charge is -2.16. The number of rotatable bonds is 9. The van der Waals surface area contributed by atoms with Crippen molar-refractivity contribution in [2.75, 3.05) is 22.1 Å². The lowest BCUT2D eigenvalue weighted by molar-refractivity contribution is -0.120. The Kier molecular flexibility index (Phi) is 7.79. The Morgan fingerprint density at radius 1 is 0.946 bits per heavy atom. The Hall–Kier alpha value is -4.30. The van der Waals surface area contributed by atoms with Gasteiger partial charge in [-0.3, -0.25) is 14.4 Å². The second-order valence-corrected chi connectivity index (χ2v) is 8.76. The lowest BCUT2D eigenvalue weighted by atomic mass is 10.1. The minimum atomic E-state index is -0.628. The molecule has 8 nitrogen and oxygen atoms in total. The number of nitrogens with zero attached hydrogens (tertiary/aromatic N) is 1. The van der Waals surface area contributed by atoms with E-state index in [9.17, 15) is 14.4 Å². The van der Waals surface area contributed by atoms with Gasteiger partial charge in [-0.15, -0.1) is 0 Å². The lowest BCUT2D eigenvalue weighted by Crippen LogP contribution is -2.32. The second-order valence-electron chi connectivity index (χ2n) is 8.38. The van der Waals surface area contributed by atoms with E-state index in [0.29, 0.717) is 40.7 Å². The minimum absolute atomic E-state index is 0.0416. The Bertz CT molecular complexity index is 1350. The number of ether oxygens (including phenoxy) is 2. The molecule has 0 bridgehead atoms. The normalized spacial score (nSPS) is 13.3. The minimum Gasteiger partial charge on any atom is -0.494 e. The second kappa shape index (κ2) is 11.2. The Balaban J connectivity index is 1.45. The average Bonchev–Trinajstić information content (AvgIpc) is 3.09. The number of carbonyl (C=O) groups excluding carboxylic acids is 3. The number of nitrogens with one attached hydrogen (secondary N) is 2. The van der Waals surface area contributed by atoms with Crippen LogP contribution >= 0.6 is 11.6 Å². The molecule has 4 rings (SSSR count). The van der Waals surface area contributed by atoms with Crippen LogP contribution in [0.25, 0.3) is 0 Å². The zero-order valence-electron chi connectivity index (χ0n) is 20.6. The fourth-order valence-electron chi connectivity index (χ4n) is 3.67. The van der Waals surface area contributed by atoms with E-state index in [1.807, 2.05) is 32.9 Å². The van der Waals surface area contributed by atoms with E-state index in [2.05, 4.69) is 10.6 Å². The number of anilines is 3. The first-order valence-corrected chi connectivity index (χ1v) is 12.1. The molecule has 3 aromatic rings. The van der Waals surface area contributed by atoms with Crippen LogP contribution in [0, 0.1) is 0 Å². The van der Waals surface area contributed by atoms with Crippen molar-refractivity contribution in [2.45, 2.75) is 26.9 Å². The fraction of sp³-hybridized carbons (Fsp3) is 0.179. The van der Waals surface area contributed by atoms with Gasteiger partial charge >= 0.3 is 0 Å². The monoisotopic (exact) mass is 519 g/mol. The molecule has 1 aliphatic heterocycles. The van der Waals surface area contributed by atoms with Crippen molar-refractivity contribution in [2.24, 2.45) is 0 Å². The molecule has 0 unspecified atom stereocenters. The van der Waals surface area contributed by atoms with Gasteiger partial charge in [-0.05, 0) is 81.4 Å². The topological polar surface area (TPSA) is 97.0 Å². The van der Waals surface area contributed by atoms with Crippen LogP contribution in [0.1, 0.15) is 31.1 Å². The van der Waals surface area contributed by atoms with E-state index in [1.54, 1.807) is 60.7 Å². The smallest absolute Gasteiger partial charge is 0.283 e. The van der Waals surface area contributed by atoms with E-state index < -0.39 is 11.8 Å². The molecule has 1 aliphatic rings. The third kappa shape index (κ3) is 5.76. The molecule has 0 saturated carbocycles. The number of hydrogen-bond acceptors (Lipinski definition) is 6. The summed E-state index contributed by atoms with van der Waals surface area (Å²) in [6.07, 6.45) is -0.0416. The molecular weight excluding hydrogens is 494 g/mol. The number of para-hydroxylation sites is 2. The molecule has 0 atom stereocenters. The molecule has 37 heavy (non-hydrogen) atoms. The number of hydrogen-bond donors (Lipinski definition) is 2. The van der Waals surface area contributed by atoms with Crippen LogP contribution < -0.4 is 25.0 Å². The van der Waals surface area contributed by atoms with Crippen LogP contribution in [-0.2, 0) is 9.59 Å². The molecule has 9 heteroatoms. The van der Waals surface area contributed by atoms with Gasteiger partial charge in [0.2, 0.25) is 0 Å². The van der Waals surface area contributed by atoms with Crippen molar-refractivity contribution in [3.05, 3.63) is 89.1 Å². The van der Waals surface area contributed by atoms with Gasteiger partial charge in [0.05, 0.1) is 24.1 Å². The number of benzene rings is 3. The summed E-state index contributed by atoms with van der Waals surface area (Å²) in [5, 5.41) is 5.54. The summed E-state index contributed by atoms with van der Waals surface area (Å²) in [5.74, 6) is -0.327. The third-order valence-electron chi connectivity index (χ3n) is 5.35. The summed E-state index contributed by atoms with van der Waals surface area (Å²) < 4.78 is 11.2. The zero-order valence-corrected chi connectivity index (χ0v) is 21.3. The molecule has 0 radical (unpaired) electrons. The van der Waals surface area contributed by atoms with Crippen molar-refractivity contribution < 1.29 is 23.9 Å². The van der Waals surface area contributed by atoms with Crippen LogP contribution in [0.4, 0.5) is 17.1 Å². The van der Waals surface area contributed by atoms with Crippen molar-refractivity contribution in [3.8, 4) is 11.5 Å². The van der Waals surface area contributed by atoms with E-state index >= 15 is 0 Å². The number of halogens is 1. The fourth-order valence-corrected chi connectivity index (χ4v) is 3.89. The number of carbonyl (C=O) groups is 3. The maximum atomic E-state index is 13.0. The van der Waals surface area contributed by atoms with Crippen LogP contribution in [0.2, 0.25) is 0 Å². The summed E-state index contributed by atoms with van der Waals surface area (Å²) in [6, 6.07) is 20.2. The summed E-state index contributed by atoms with van der Waals surface area (Å²) in [7, 11) is 0. The third-order valence-corrected chi connectivity index (χ3v) is 5.70. The number of imide groups is 1. The predicted octanol–water partition coefficient (Wildman–Crippen LogP) is 5.56. The zero-order chi connectivity index (χ0) is 26.5. The molecule has 0 saturated heterocycles. The maximum absolute atomic E-state index is 13.0. The van der Waals surface area contributed by atoms with Gasteiger partial charge in [0.1, 0.15) is 22.2 Å². The van der Waals surface area contributed by atoms with Gasteiger partial charge in [-0.25, -0.2) is 4.90 Å². The summed E-state index contributed by atoms with van der Waals surface area (Å²) in [4.78, 5) is 39.5. The Morgan fingerprint density at radius 3 is 2.27 bits per heavy atom. The van der Waals surface area contributed by atoms with Gasteiger partial charge in [0.15, 0.2) is 0 Å². The highest BCUT2D eigenvalue weighted by Gasteiger charge is 2.39. The first-order chi connectivity index (χ1) is 17.8. The highest BCUT2D eigenvalue weighted by molar-refractivity contribution is 6.53. The van der Waals surface area contributed by atoms with E-state index in [-0.39, 0.29) is 22.7 Å². The molecule has 3 aromatic carbocycles. The first-order valence-electron chi connectivity index (χ1n) is 11.7. The quantitative estimate of drug-likeness (QED) is 0.359. The SMILES string of the molecule is CCOc1ccc(N2C(=O)C(Cl)=C(Nc3ccc(C(=O)Nc4ccccc4OC(C)C)cc3)C2=O)cc1. The van der Waals surface area contributed by atoms with E-state index in [0.717, 1.165) is 4.90 Å². The van der Waals surface area contributed by atoms with Crippen molar-refractivity contribution >= 4 is 46.4 Å². The van der Waals surface area contributed by atoms with Gasteiger partial charge in [0, 0.05) is 11.3 Å². The maximum Gasteiger partial charge on any atom is 0.283 e. The van der Waals surface area contributed by atoms with E-state index in [4.69, 9.17) is 21.1 Å². The van der Waals surface area contributed by atoms with Crippen molar-refractivity contribution in [3.63, 3.8) is 0 Å². The van der Waals surface area contributed by atoms with Gasteiger partial charge < -0.3 is 20.1 Å². The van der Waals surface area contributed by atoms with Gasteiger partial charge in [0.25, 0.3) is 17.7 Å². The number of amides is 3. The Labute approximate surface area is 219 Å². The van der Waals surface area contributed by atoms with Crippen LogP contribution in [0.5, 0.6) is 11.5 Å². The first kappa shape index (κ1) is 25.8. The van der Waals surface area contributed by atoms with Gasteiger partial charge in [-0.1, -0.05) is 23.7 Å². The van der Waals surface area contributed by atoms with E-state index in [1.165, 1.54) is 0 Å². The molecular formula is C28H26ClN3O5. The predicted molar refractivity (Wildman–Crippen MR) is 143 cm³/mol. The largest absolute Gasteiger partial charge is 0.494 e. The molecule has 2 N–H and O–H groups in total. The highest BCUT2D eigenvalue weighted by Crippen LogP contribution is 2.31. The molecule has 0 aliphatic carbocycles. The van der Waals surface area contributed by atoms with Crippen molar-refractivity contribution in [1.82, 2.24) is 0 Å². The molecule has 1 heterocycles. The highest BCUT2D eigenvalue weighted by atomic mass is 35.5. The van der Waals surface area contributed by atoms with Crippen LogP contribution in [0.15, 0.2) is 83.5 Å². The molecule has 3 amide bonds. The standard InChI is InChI=1S/C28H26ClN3O5/c1-4-36-21-15-13-20(14-16-21)32-27(34)24(29)25(28(32)35)30-19-11-9-18(10-12-19)26(33)31-22-7-5-6-8-23(22)37-17(2)3/h5-17,30H,4H2,1-3H3,(H,31,33). The summed E-state index contributed by atoms with van der Waals surface area (Å²) in [6.45, 7) is 6.19. The van der Waals surface area contributed by atoms with Crippen LogP contribution in [-0.4, -0.2) is 30.4 Å². The van der Waals surface area contributed by atoms with Crippen molar-refractivity contribution in [1.29, 1.82) is 0 Å². The van der Waals surface area contributed by atoms with Gasteiger partial charge in [-0.2, -0.15) is 0 Å². The van der Waals surface area contributed by atoms with Crippen LogP contribution in [0.3, 0.4) is 0 Å². The molecule has 0 aromatic heterocycles. The average molecular weight is 520 g/mol.